The predicted octanol–water partition coefficient (Wildman–Crippen LogP) is 2.75. The molecule has 0 atom stereocenters. The molecule has 0 aliphatic heterocycles. The maximum atomic E-state index is 12.7. The van der Waals surface area contributed by atoms with Crippen LogP contribution >= 0.6 is 0 Å². The molecular formula is C16H25N3O. The lowest BCUT2D eigenvalue weighted by molar-refractivity contribution is -0.120. The number of aromatic nitrogens is 1. The smallest absolute Gasteiger partial charge is 0.228 e. The Hall–Kier alpha value is -1.42. The second-order valence-corrected chi connectivity index (χ2v) is 5.61. The Morgan fingerprint density at radius 1 is 1.30 bits per heavy atom. The number of carbonyl (C=O) groups excluding carboxylic acids is 1. The van der Waals surface area contributed by atoms with Crippen molar-refractivity contribution in [1.29, 1.82) is 0 Å². The summed E-state index contributed by atoms with van der Waals surface area (Å²) in [5.41, 5.74) is 0.935. The lowest BCUT2D eigenvalue weighted by atomic mass is 9.79. The van der Waals surface area contributed by atoms with Gasteiger partial charge >= 0.3 is 0 Å². The summed E-state index contributed by atoms with van der Waals surface area (Å²) in [5.74, 6) is 0.204. The standard InChI is InChI=1S/C16H25N3O/c1-3-19(14-7-11-18-12-8-14)15(20)13-16(17-2)9-5-4-6-10-16/h7-8,11-12,17H,3-6,9-10,13H2,1-2H3. The Balaban J connectivity index is 2.09. The molecule has 1 saturated carbocycles. The molecule has 20 heavy (non-hydrogen) atoms. The van der Waals surface area contributed by atoms with Crippen molar-refractivity contribution in [2.75, 3.05) is 18.5 Å². The first-order valence-corrected chi connectivity index (χ1v) is 7.60. The molecular weight excluding hydrogens is 250 g/mol. The quantitative estimate of drug-likeness (QED) is 0.898. The highest BCUT2D eigenvalue weighted by molar-refractivity contribution is 5.93. The Morgan fingerprint density at radius 2 is 1.95 bits per heavy atom. The van der Waals surface area contributed by atoms with Gasteiger partial charge in [-0.3, -0.25) is 9.78 Å². The average Bonchev–Trinajstić information content (AvgIpc) is 2.50. The van der Waals surface area contributed by atoms with E-state index in [1.54, 1.807) is 12.4 Å². The molecule has 0 saturated heterocycles. The van der Waals surface area contributed by atoms with E-state index in [1.807, 2.05) is 31.0 Å². The van der Waals surface area contributed by atoms with Crippen molar-refractivity contribution in [3.63, 3.8) is 0 Å². The first-order valence-electron chi connectivity index (χ1n) is 7.60. The van der Waals surface area contributed by atoms with Gasteiger partial charge in [-0.05, 0) is 38.9 Å². The number of hydrogen-bond donors (Lipinski definition) is 1. The van der Waals surface area contributed by atoms with Gasteiger partial charge in [0.1, 0.15) is 0 Å². The minimum absolute atomic E-state index is 0.00418. The summed E-state index contributed by atoms with van der Waals surface area (Å²) in [6.45, 7) is 2.72. The van der Waals surface area contributed by atoms with E-state index in [9.17, 15) is 4.79 Å². The summed E-state index contributed by atoms with van der Waals surface area (Å²) >= 11 is 0. The zero-order chi connectivity index (χ0) is 14.4. The highest BCUT2D eigenvalue weighted by Gasteiger charge is 2.34. The molecule has 1 aromatic rings. The largest absolute Gasteiger partial charge is 0.314 e. The Labute approximate surface area is 121 Å². The third kappa shape index (κ3) is 3.37. The van der Waals surface area contributed by atoms with Gasteiger partial charge in [-0.2, -0.15) is 0 Å². The molecule has 1 heterocycles. The first kappa shape index (κ1) is 15.0. The van der Waals surface area contributed by atoms with Crippen LogP contribution in [0.4, 0.5) is 5.69 Å². The molecule has 110 valence electrons. The summed E-state index contributed by atoms with van der Waals surface area (Å²) in [6.07, 6.45) is 9.98. The molecule has 1 aliphatic carbocycles. The maximum absolute atomic E-state index is 12.7. The minimum atomic E-state index is -0.00418. The van der Waals surface area contributed by atoms with Crippen molar-refractivity contribution in [3.05, 3.63) is 24.5 Å². The van der Waals surface area contributed by atoms with Gasteiger partial charge in [0.05, 0.1) is 0 Å². The number of nitrogens with one attached hydrogen (secondary N) is 1. The molecule has 4 heteroatoms. The van der Waals surface area contributed by atoms with Crippen molar-refractivity contribution < 1.29 is 4.79 Å². The van der Waals surface area contributed by atoms with Crippen molar-refractivity contribution in [2.45, 2.75) is 51.0 Å². The normalized spacial score (nSPS) is 17.7. The van der Waals surface area contributed by atoms with Gasteiger partial charge in [0.2, 0.25) is 5.91 Å². The third-order valence-corrected chi connectivity index (χ3v) is 4.42. The number of anilines is 1. The summed E-state index contributed by atoms with van der Waals surface area (Å²) in [7, 11) is 1.99. The molecule has 4 nitrogen and oxygen atoms in total. The van der Waals surface area contributed by atoms with E-state index in [4.69, 9.17) is 0 Å². The molecule has 1 aliphatic rings. The molecule has 0 bridgehead atoms. The molecule has 0 aromatic carbocycles. The van der Waals surface area contributed by atoms with Crippen LogP contribution in [0, 0.1) is 0 Å². The Bertz CT molecular complexity index is 427. The lowest BCUT2D eigenvalue weighted by Crippen LogP contribution is -2.49. The van der Waals surface area contributed by atoms with E-state index in [0.717, 1.165) is 18.5 Å². The number of hydrogen-bond acceptors (Lipinski definition) is 3. The molecule has 1 N–H and O–H groups in total. The van der Waals surface area contributed by atoms with Crippen LogP contribution in [0.15, 0.2) is 24.5 Å². The Morgan fingerprint density at radius 3 is 2.50 bits per heavy atom. The van der Waals surface area contributed by atoms with Crippen LogP contribution in [0.2, 0.25) is 0 Å². The Kier molecular flexibility index (Phi) is 5.12. The van der Waals surface area contributed by atoms with Crippen LogP contribution in [0.5, 0.6) is 0 Å². The lowest BCUT2D eigenvalue weighted by Gasteiger charge is -2.38. The number of pyridine rings is 1. The summed E-state index contributed by atoms with van der Waals surface area (Å²) < 4.78 is 0. The maximum Gasteiger partial charge on any atom is 0.228 e. The summed E-state index contributed by atoms with van der Waals surface area (Å²) in [6, 6.07) is 3.79. The van der Waals surface area contributed by atoms with Gasteiger partial charge in [-0.15, -0.1) is 0 Å². The number of nitrogens with zero attached hydrogens (tertiary/aromatic N) is 2. The fourth-order valence-electron chi connectivity index (χ4n) is 3.16. The van der Waals surface area contributed by atoms with Crippen molar-refractivity contribution in [1.82, 2.24) is 10.3 Å². The molecule has 0 unspecified atom stereocenters. The van der Waals surface area contributed by atoms with Gasteiger partial charge in [0.15, 0.2) is 0 Å². The van der Waals surface area contributed by atoms with Crippen LogP contribution < -0.4 is 10.2 Å². The van der Waals surface area contributed by atoms with E-state index < -0.39 is 0 Å². The summed E-state index contributed by atoms with van der Waals surface area (Å²) in [5, 5.41) is 3.42. The number of rotatable bonds is 5. The second kappa shape index (κ2) is 6.84. The molecule has 0 radical (unpaired) electrons. The molecule has 0 spiro atoms. The van der Waals surface area contributed by atoms with Gasteiger partial charge in [0.25, 0.3) is 0 Å². The molecule has 1 amide bonds. The van der Waals surface area contributed by atoms with Crippen LogP contribution in [-0.2, 0) is 4.79 Å². The van der Waals surface area contributed by atoms with Gasteiger partial charge < -0.3 is 10.2 Å². The monoisotopic (exact) mass is 275 g/mol. The molecule has 2 rings (SSSR count). The molecule has 1 fully saturated rings. The zero-order valence-electron chi connectivity index (χ0n) is 12.6. The first-order chi connectivity index (χ1) is 9.71. The van der Waals surface area contributed by atoms with E-state index in [-0.39, 0.29) is 11.4 Å². The van der Waals surface area contributed by atoms with Crippen LogP contribution in [-0.4, -0.2) is 30.0 Å². The van der Waals surface area contributed by atoms with Gasteiger partial charge in [0, 0.05) is 36.6 Å². The van der Waals surface area contributed by atoms with E-state index in [1.165, 1.54) is 19.3 Å². The highest BCUT2D eigenvalue weighted by atomic mass is 16.2. The van der Waals surface area contributed by atoms with Crippen molar-refractivity contribution in [2.24, 2.45) is 0 Å². The van der Waals surface area contributed by atoms with E-state index >= 15 is 0 Å². The van der Waals surface area contributed by atoms with Crippen molar-refractivity contribution >= 4 is 11.6 Å². The minimum Gasteiger partial charge on any atom is -0.314 e. The van der Waals surface area contributed by atoms with E-state index in [2.05, 4.69) is 10.3 Å². The fraction of sp³-hybridized carbons (Fsp3) is 0.625. The van der Waals surface area contributed by atoms with Gasteiger partial charge in [-0.1, -0.05) is 19.3 Å². The number of amides is 1. The highest BCUT2D eigenvalue weighted by Crippen LogP contribution is 2.31. The van der Waals surface area contributed by atoms with Crippen LogP contribution in [0.25, 0.3) is 0 Å². The van der Waals surface area contributed by atoms with Crippen LogP contribution in [0.3, 0.4) is 0 Å². The average molecular weight is 275 g/mol. The SMILES string of the molecule is CCN(C(=O)CC1(NC)CCCCC1)c1ccncc1. The molecule has 1 aromatic heterocycles. The van der Waals surface area contributed by atoms with Crippen molar-refractivity contribution in [3.8, 4) is 0 Å². The number of carbonyl (C=O) groups is 1. The zero-order valence-corrected chi connectivity index (χ0v) is 12.6. The van der Waals surface area contributed by atoms with Crippen LogP contribution in [0.1, 0.15) is 45.4 Å². The fourth-order valence-corrected chi connectivity index (χ4v) is 3.16. The summed E-state index contributed by atoms with van der Waals surface area (Å²) in [4.78, 5) is 18.5. The topological polar surface area (TPSA) is 45.2 Å². The third-order valence-electron chi connectivity index (χ3n) is 4.42. The van der Waals surface area contributed by atoms with E-state index in [0.29, 0.717) is 13.0 Å². The van der Waals surface area contributed by atoms with Gasteiger partial charge in [-0.25, -0.2) is 0 Å². The second-order valence-electron chi connectivity index (χ2n) is 5.61. The predicted molar refractivity (Wildman–Crippen MR) is 81.8 cm³/mol.